The average molecular weight is 273 g/mol. The number of hydrogen-bond donors (Lipinski definition) is 0. The van der Waals surface area contributed by atoms with Crippen molar-refractivity contribution in [3.05, 3.63) is 59.4 Å². The van der Waals surface area contributed by atoms with Crippen molar-refractivity contribution < 1.29 is 4.74 Å². The van der Waals surface area contributed by atoms with Crippen LogP contribution in [0.25, 0.3) is 0 Å². The predicted octanol–water partition coefficient (Wildman–Crippen LogP) is 3.81. The van der Waals surface area contributed by atoms with Crippen molar-refractivity contribution in [3.8, 4) is 11.8 Å². The van der Waals surface area contributed by atoms with E-state index in [4.69, 9.17) is 21.6 Å². The van der Waals surface area contributed by atoms with Crippen molar-refractivity contribution in [2.75, 3.05) is 6.61 Å². The van der Waals surface area contributed by atoms with Crippen LogP contribution in [-0.4, -0.2) is 11.6 Å². The van der Waals surface area contributed by atoms with Crippen LogP contribution in [0, 0.1) is 11.3 Å². The molecule has 3 nitrogen and oxygen atoms in total. The fourth-order valence-electron chi connectivity index (χ4n) is 1.71. The van der Waals surface area contributed by atoms with E-state index in [1.54, 1.807) is 24.5 Å². The van der Waals surface area contributed by atoms with E-state index in [1.807, 2.05) is 24.3 Å². The standard InChI is InChI=1S/C15H13ClN2O/c16-14-3-5-15(6-4-14)19-9-7-12(10-17)13-2-1-8-18-11-13/h1-6,8,11-12H,7,9H2. The molecule has 96 valence electrons. The summed E-state index contributed by atoms with van der Waals surface area (Å²) in [5.41, 5.74) is 0.921. The Balaban J connectivity index is 1.88. The van der Waals surface area contributed by atoms with Crippen LogP contribution in [0.3, 0.4) is 0 Å². The molecule has 0 N–H and O–H groups in total. The first-order chi connectivity index (χ1) is 9.29. The zero-order valence-electron chi connectivity index (χ0n) is 10.3. The van der Waals surface area contributed by atoms with Gasteiger partial charge in [-0.3, -0.25) is 4.98 Å². The molecule has 2 rings (SSSR count). The summed E-state index contributed by atoms with van der Waals surface area (Å²) in [6.07, 6.45) is 4.04. The maximum absolute atomic E-state index is 9.16. The van der Waals surface area contributed by atoms with E-state index in [2.05, 4.69) is 11.1 Å². The van der Waals surface area contributed by atoms with Crippen LogP contribution >= 0.6 is 11.6 Å². The molecular formula is C15H13ClN2O. The van der Waals surface area contributed by atoms with Crippen LogP contribution < -0.4 is 4.74 Å². The highest BCUT2D eigenvalue weighted by molar-refractivity contribution is 6.30. The van der Waals surface area contributed by atoms with Crippen LogP contribution in [0.2, 0.25) is 5.02 Å². The van der Waals surface area contributed by atoms with Crippen LogP contribution in [0.1, 0.15) is 17.9 Å². The lowest BCUT2D eigenvalue weighted by Crippen LogP contribution is -2.04. The van der Waals surface area contributed by atoms with Gasteiger partial charge in [0.25, 0.3) is 0 Å². The highest BCUT2D eigenvalue weighted by atomic mass is 35.5. The molecule has 0 bridgehead atoms. The minimum atomic E-state index is -0.194. The number of ether oxygens (including phenoxy) is 1. The minimum Gasteiger partial charge on any atom is -0.494 e. The number of nitriles is 1. The van der Waals surface area contributed by atoms with E-state index in [9.17, 15) is 0 Å². The zero-order valence-corrected chi connectivity index (χ0v) is 11.0. The first-order valence-electron chi connectivity index (χ1n) is 5.97. The van der Waals surface area contributed by atoms with Crippen LogP contribution in [0.4, 0.5) is 0 Å². The van der Waals surface area contributed by atoms with Gasteiger partial charge in [0.1, 0.15) is 5.75 Å². The Hall–Kier alpha value is -2.05. The second kappa shape index (κ2) is 6.77. The van der Waals surface area contributed by atoms with E-state index in [-0.39, 0.29) is 5.92 Å². The number of hydrogen-bond acceptors (Lipinski definition) is 3. The number of pyridine rings is 1. The summed E-state index contributed by atoms with van der Waals surface area (Å²) in [5.74, 6) is 0.563. The Morgan fingerprint density at radius 3 is 2.68 bits per heavy atom. The molecule has 0 aliphatic carbocycles. The molecule has 19 heavy (non-hydrogen) atoms. The second-order valence-electron chi connectivity index (χ2n) is 4.06. The lowest BCUT2D eigenvalue weighted by molar-refractivity contribution is 0.306. The molecular weight excluding hydrogens is 260 g/mol. The van der Waals surface area contributed by atoms with Gasteiger partial charge in [0.2, 0.25) is 0 Å². The summed E-state index contributed by atoms with van der Waals surface area (Å²) in [5, 5.41) is 9.84. The van der Waals surface area contributed by atoms with Gasteiger partial charge >= 0.3 is 0 Å². The fraction of sp³-hybridized carbons (Fsp3) is 0.200. The summed E-state index contributed by atoms with van der Waals surface area (Å²) in [4.78, 5) is 4.02. The van der Waals surface area contributed by atoms with Crippen molar-refractivity contribution >= 4 is 11.6 Å². The molecule has 1 aromatic heterocycles. The number of halogens is 1. The molecule has 1 aromatic carbocycles. The van der Waals surface area contributed by atoms with Crippen LogP contribution in [-0.2, 0) is 0 Å². The third-order valence-electron chi connectivity index (χ3n) is 2.73. The maximum atomic E-state index is 9.16. The van der Waals surface area contributed by atoms with Gasteiger partial charge in [-0.1, -0.05) is 17.7 Å². The van der Waals surface area contributed by atoms with Gasteiger partial charge in [-0.25, -0.2) is 0 Å². The van der Waals surface area contributed by atoms with Crippen molar-refractivity contribution in [3.63, 3.8) is 0 Å². The van der Waals surface area contributed by atoms with E-state index in [1.165, 1.54) is 0 Å². The van der Waals surface area contributed by atoms with E-state index in [0.717, 1.165) is 11.3 Å². The highest BCUT2D eigenvalue weighted by Gasteiger charge is 2.10. The number of aromatic nitrogens is 1. The van der Waals surface area contributed by atoms with Crippen LogP contribution in [0.15, 0.2) is 48.8 Å². The number of benzene rings is 1. The Morgan fingerprint density at radius 2 is 2.05 bits per heavy atom. The smallest absolute Gasteiger partial charge is 0.119 e. The van der Waals surface area contributed by atoms with Gasteiger partial charge < -0.3 is 4.74 Å². The molecule has 0 spiro atoms. The fourth-order valence-corrected chi connectivity index (χ4v) is 1.84. The van der Waals surface area contributed by atoms with Crippen LogP contribution in [0.5, 0.6) is 5.75 Å². The van der Waals surface area contributed by atoms with Crippen molar-refractivity contribution in [2.24, 2.45) is 0 Å². The minimum absolute atomic E-state index is 0.194. The molecule has 1 unspecified atom stereocenters. The van der Waals surface area contributed by atoms with Crippen molar-refractivity contribution in [2.45, 2.75) is 12.3 Å². The largest absolute Gasteiger partial charge is 0.494 e. The molecule has 2 aromatic rings. The van der Waals surface area contributed by atoms with Gasteiger partial charge in [-0.2, -0.15) is 5.26 Å². The maximum Gasteiger partial charge on any atom is 0.119 e. The highest BCUT2D eigenvalue weighted by Crippen LogP contribution is 2.20. The van der Waals surface area contributed by atoms with Gasteiger partial charge in [0.05, 0.1) is 18.6 Å². The summed E-state index contributed by atoms with van der Waals surface area (Å²) < 4.78 is 5.58. The summed E-state index contributed by atoms with van der Waals surface area (Å²) >= 11 is 5.79. The van der Waals surface area contributed by atoms with Crippen molar-refractivity contribution in [1.29, 1.82) is 5.26 Å². The number of nitrogens with zero attached hydrogens (tertiary/aromatic N) is 2. The lowest BCUT2D eigenvalue weighted by Gasteiger charge is -2.10. The first kappa shape index (κ1) is 13.4. The Kier molecular flexibility index (Phi) is 4.77. The quantitative estimate of drug-likeness (QED) is 0.831. The molecule has 0 saturated carbocycles. The zero-order chi connectivity index (χ0) is 13.5. The lowest BCUT2D eigenvalue weighted by atomic mass is 10.00. The average Bonchev–Trinajstić information content (AvgIpc) is 2.46. The Morgan fingerprint density at radius 1 is 1.26 bits per heavy atom. The molecule has 0 saturated heterocycles. The van der Waals surface area contributed by atoms with E-state index >= 15 is 0 Å². The second-order valence-corrected chi connectivity index (χ2v) is 4.50. The van der Waals surface area contributed by atoms with Gasteiger partial charge in [0.15, 0.2) is 0 Å². The summed E-state index contributed by atoms with van der Waals surface area (Å²) in [7, 11) is 0. The summed E-state index contributed by atoms with van der Waals surface area (Å²) in [6.45, 7) is 0.481. The van der Waals surface area contributed by atoms with E-state index < -0.39 is 0 Å². The third kappa shape index (κ3) is 3.97. The Bertz CT molecular complexity index is 549. The molecule has 1 heterocycles. The Labute approximate surface area is 117 Å². The van der Waals surface area contributed by atoms with Gasteiger partial charge in [0, 0.05) is 23.8 Å². The van der Waals surface area contributed by atoms with Gasteiger partial charge in [-0.05, 0) is 35.9 Å². The monoisotopic (exact) mass is 272 g/mol. The molecule has 0 aliphatic heterocycles. The third-order valence-corrected chi connectivity index (χ3v) is 2.98. The van der Waals surface area contributed by atoms with E-state index in [0.29, 0.717) is 18.1 Å². The van der Waals surface area contributed by atoms with Gasteiger partial charge in [-0.15, -0.1) is 0 Å². The summed E-state index contributed by atoms with van der Waals surface area (Å²) in [6, 6.07) is 13.2. The first-order valence-corrected chi connectivity index (χ1v) is 6.35. The molecule has 0 fully saturated rings. The van der Waals surface area contributed by atoms with Crippen molar-refractivity contribution in [1.82, 2.24) is 4.98 Å². The molecule has 0 aliphatic rings. The molecule has 0 amide bonds. The SMILES string of the molecule is N#CC(CCOc1ccc(Cl)cc1)c1cccnc1. The molecule has 4 heteroatoms. The topological polar surface area (TPSA) is 45.9 Å². The molecule has 1 atom stereocenters. The molecule has 0 radical (unpaired) electrons. The normalized spacial score (nSPS) is 11.6. The predicted molar refractivity (Wildman–Crippen MR) is 74.2 cm³/mol. The number of rotatable bonds is 5.